The molecule has 3 heterocycles. The second-order valence-corrected chi connectivity index (χ2v) is 26.3. The average molecular weight is 1400 g/mol. The monoisotopic (exact) mass is 1400 g/mol. The molecule has 548 valence electrons. The van der Waals surface area contributed by atoms with Gasteiger partial charge in [-0.3, -0.25) is 43.3 Å². The molecular formula is C74H98N8O19. The number of anilines is 2. The number of ketones is 1. The molecule has 27 heteroatoms. The Morgan fingerprint density at radius 1 is 0.713 bits per heavy atom. The van der Waals surface area contributed by atoms with Gasteiger partial charge in [0.1, 0.15) is 43.5 Å². The number of nitrogens with one attached hydrogen (secondary N) is 5. The summed E-state index contributed by atoms with van der Waals surface area (Å²) in [6.45, 7) is 20.1. The quantitative estimate of drug-likeness (QED) is 0.0130. The number of aliphatic hydroxyl groups is 2. The van der Waals surface area contributed by atoms with Gasteiger partial charge in [-0.1, -0.05) is 75.8 Å². The SMILES string of the molecule is C=C(/C=C\C(=C/C)NC(=O)[C@@H](C)NC(=O)[C@H](NC(=O)CCOCCOC)C(C)C)COC(=O)C1c2cc(OCCCCCOc3cc4c(cc3OC)C(=O)C3C=C(C)C[C@H]3[C@H](O)N4C(=O)OCc3ccc(NC(=O)[C@@H](C)NC(=O)[C@H](N)C(C)C)cc3)c(OC)cc2C(=O)N2C=C(C)C[C@H]2[C@@H]1O. The number of carbonyl (C=O) groups excluding carboxylic acids is 9. The molecule has 3 aliphatic heterocycles. The van der Waals surface area contributed by atoms with Gasteiger partial charge in [-0.2, -0.15) is 0 Å². The number of aliphatic hydroxyl groups excluding tert-OH is 2. The topological polar surface area (TPSA) is 361 Å². The van der Waals surface area contributed by atoms with Crippen molar-refractivity contribution < 1.29 is 91.3 Å². The van der Waals surface area contributed by atoms with E-state index in [-0.39, 0.29) is 108 Å². The Balaban J connectivity index is 0.962. The number of fused-ring (bicyclic) bond motifs is 4. The number of allylic oxidation sites excluding steroid dienone is 4. The van der Waals surface area contributed by atoms with Crippen LogP contribution in [0.4, 0.5) is 16.2 Å². The minimum Gasteiger partial charge on any atom is -0.493 e. The summed E-state index contributed by atoms with van der Waals surface area (Å²) < 4.78 is 46.0. The number of benzene rings is 3. The van der Waals surface area contributed by atoms with Gasteiger partial charge in [0.05, 0.1) is 71.1 Å². The fourth-order valence-electron chi connectivity index (χ4n) is 12.0. The first-order chi connectivity index (χ1) is 48.1. The molecular weight excluding hydrogens is 1300 g/mol. The molecule has 0 spiro atoms. The first-order valence-corrected chi connectivity index (χ1v) is 34.0. The lowest BCUT2D eigenvalue weighted by molar-refractivity contribution is -0.148. The number of methoxy groups -OCH3 is 3. The maximum atomic E-state index is 14.4. The van der Waals surface area contributed by atoms with Gasteiger partial charge in [-0.15, -0.1) is 0 Å². The Morgan fingerprint density at radius 2 is 1.36 bits per heavy atom. The maximum absolute atomic E-state index is 14.4. The molecule has 0 radical (unpaired) electrons. The second kappa shape index (κ2) is 36.8. The van der Waals surface area contributed by atoms with Gasteiger partial charge in [-0.25, -0.2) is 4.79 Å². The number of carbonyl (C=O) groups is 9. The predicted molar refractivity (Wildman–Crippen MR) is 375 cm³/mol. The third kappa shape index (κ3) is 20.4. The number of rotatable bonds is 34. The molecule has 3 aromatic rings. The van der Waals surface area contributed by atoms with Gasteiger partial charge < -0.3 is 85.3 Å². The maximum Gasteiger partial charge on any atom is 0.416 e. The molecule has 1 aliphatic carbocycles. The van der Waals surface area contributed by atoms with Gasteiger partial charge in [0.15, 0.2) is 28.8 Å². The van der Waals surface area contributed by atoms with E-state index in [1.54, 1.807) is 84.2 Å². The Labute approximate surface area is 589 Å². The van der Waals surface area contributed by atoms with Gasteiger partial charge >= 0.3 is 12.1 Å². The van der Waals surface area contributed by atoms with Crippen molar-refractivity contribution in [2.45, 2.75) is 156 Å². The number of hydrogen-bond acceptors (Lipinski definition) is 20. The van der Waals surface area contributed by atoms with Gasteiger partial charge in [-0.05, 0) is 132 Å². The summed E-state index contributed by atoms with van der Waals surface area (Å²) in [5.41, 5.74) is 9.68. The molecule has 3 aromatic carbocycles. The van der Waals surface area contributed by atoms with Crippen molar-refractivity contribution in [1.82, 2.24) is 26.2 Å². The van der Waals surface area contributed by atoms with Crippen molar-refractivity contribution in [2.24, 2.45) is 29.4 Å². The zero-order valence-corrected chi connectivity index (χ0v) is 59.6. The van der Waals surface area contributed by atoms with Crippen LogP contribution in [0.15, 0.2) is 108 Å². The minimum absolute atomic E-state index is 0.0314. The molecule has 0 saturated carbocycles. The second-order valence-electron chi connectivity index (χ2n) is 26.3. The normalized spacial score (nSPS) is 19.8. The van der Waals surface area contributed by atoms with Crippen molar-refractivity contribution >= 4 is 64.7 Å². The highest BCUT2D eigenvalue weighted by atomic mass is 16.6. The molecule has 2 unspecified atom stereocenters. The van der Waals surface area contributed by atoms with E-state index in [4.69, 9.17) is 43.6 Å². The summed E-state index contributed by atoms with van der Waals surface area (Å²) in [6, 6.07) is 8.11. The molecule has 0 bridgehead atoms. The molecule has 0 fully saturated rings. The fraction of sp³-hybridized carbons (Fsp3) is 0.500. The van der Waals surface area contributed by atoms with Crippen molar-refractivity contribution in [3.8, 4) is 23.0 Å². The Kier molecular flexibility index (Phi) is 28.7. The first-order valence-electron chi connectivity index (χ1n) is 34.0. The van der Waals surface area contributed by atoms with Crippen LogP contribution < -0.4 is 56.2 Å². The third-order valence-corrected chi connectivity index (χ3v) is 17.9. The van der Waals surface area contributed by atoms with Crippen LogP contribution in [-0.2, 0) is 54.3 Å². The fourth-order valence-corrected chi connectivity index (χ4v) is 12.0. The molecule has 4 aliphatic rings. The number of amides is 7. The highest BCUT2D eigenvalue weighted by Crippen LogP contribution is 2.47. The van der Waals surface area contributed by atoms with E-state index in [0.717, 1.165) is 16.0 Å². The van der Waals surface area contributed by atoms with Crippen molar-refractivity contribution in [2.75, 3.05) is 71.2 Å². The van der Waals surface area contributed by atoms with E-state index in [9.17, 15) is 53.4 Å². The van der Waals surface area contributed by atoms with Crippen molar-refractivity contribution in [3.05, 3.63) is 130 Å². The Morgan fingerprint density at radius 3 is 1.99 bits per heavy atom. The van der Waals surface area contributed by atoms with Crippen LogP contribution in [0.25, 0.3) is 0 Å². The number of ether oxygens (including phenoxy) is 8. The summed E-state index contributed by atoms with van der Waals surface area (Å²) in [6.07, 6.45) is 6.50. The molecule has 7 rings (SSSR count). The number of Topliss-reactive ketones (excluding diaryl/α,β-unsaturated/α-hetero) is 1. The van der Waals surface area contributed by atoms with E-state index < -0.39 is 102 Å². The van der Waals surface area contributed by atoms with E-state index >= 15 is 0 Å². The average Bonchev–Trinajstić information content (AvgIpc) is 1.66. The van der Waals surface area contributed by atoms with Gasteiger partial charge in [0.25, 0.3) is 5.91 Å². The van der Waals surface area contributed by atoms with Crippen LogP contribution in [-0.4, -0.2) is 172 Å². The lowest BCUT2D eigenvalue weighted by atomic mass is 9.86. The van der Waals surface area contributed by atoms with E-state index in [1.165, 1.54) is 69.6 Å². The van der Waals surface area contributed by atoms with E-state index in [2.05, 4.69) is 33.2 Å². The summed E-state index contributed by atoms with van der Waals surface area (Å²) in [5, 5.41) is 37.6. The van der Waals surface area contributed by atoms with Crippen LogP contribution in [0.2, 0.25) is 0 Å². The molecule has 0 aromatic heterocycles. The standard InChI is InChI=1S/C74H98N8O19/c1-14-48(78-67(86)46(10)77-70(89)64(41(4)5)80-61(83)24-27-97-29-28-94-11)21-18-42(6)38-100-73(92)62-50-33-59(57(95-12)34-53(50)71(90)81-37-44(8)32-56(81)66(62)85)98-25-16-15-17-26-99-60-36-55-54(35-58(60)96-13)65(84)51-30-43(7)31-52(51)72(91)82(55)74(93)101-39-47-19-22-49(23-20-47)79-68(87)45(9)76-69(88)63(75)40(2)3/h14,18-23,30,33-37,40-41,45-46,51-52,56,62-64,66,72,85,91H,6,15-17,24-29,31-32,38-39,75H2,1-5,7-13H3,(H,76,88)(H,77,89)(H,78,86)(H,79,87)(H,80,83)/b21-18-,48-14+/t45-,46-,51?,52-,56+,62?,63-,64-,66+,72+/m1/s1. The van der Waals surface area contributed by atoms with E-state index in [0.29, 0.717) is 67.8 Å². The van der Waals surface area contributed by atoms with Crippen LogP contribution in [0.5, 0.6) is 23.0 Å². The smallest absolute Gasteiger partial charge is 0.416 e. The molecule has 0 saturated heterocycles. The Hall–Kier alpha value is -9.41. The van der Waals surface area contributed by atoms with Crippen molar-refractivity contribution in [3.63, 3.8) is 0 Å². The molecule has 10 atom stereocenters. The van der Waals surface area contributed by atoms with E-state index in [1.807, 2.05) is 13.8 Å². The lowest BCUT2D eigenvalue weighted by Gasteiger charge is -2.31. The number of nitrogens with two attached hydrogens (primary N) is 1. The van der Waals surface area contributed by atoms with Crippen LogP contribution in [0, 0.1) is 23.7 Å². The number of hydrogen-bond donors (Lipinski definition) is 8. The Bertz CT molecular complexity index is 3660. The van der Waals surface area contributed by atoms with Gasteiger partial charge in [0, 0.05) is 60.1 Å². The lowest BCUT2D eigenvalue weighted by Crippen LogP contribution is -2.54. The molecule has 27 nitrogen and oxygen atoms in total. The number of nitrogens with zero attached hydrogens (tertiary/aromatic N) is 2. The van der Waals surface area contributed by atoms with Crippen molar-refractivity contribution in [1.29, 1.82) is 0 Å². The van der Waals surface area contributed by atoms with Crippen LogP contribution >= 0.6 is 0 Å². The molecule has 7 amide bonds. The first kappa shape index (κ1) is 78.9. The summed E-state index contributed by atoms with van der Waals surface area (Å²) in [7, 11) is 4.38. The predicted octanol–water partition coefficient (Wildman–Crippen LogP) is 6.95. The molecule has 9 N–H and O–H groups in total. The third-order valence-electron chi connectivity index (χ3n) is 17.9. The number of esters is 1. The van der Waals surface area contributed by atoms with Gasteiger partial charge in [0.2, 0.25) is 29.5 Å². The highest BCUT2D eigenvalue weighted by molar-refractivity contribution is 6.09. The minimum atomic E-state index is -1.48. The summed E-state index contributed by atoms with van der Waals surface area (Å²) >= 11 is 0. The summed E-state index contributed by atoms with van der Waals surface area (Å²) in [5.74, 6) is -6.42. The zero-order valence-electron chi connectivity index (χ0n) is 59.6. The summed E-state index contributed by atoms with van der Waals surface area (Å²) in [4.78, 5) is 124. The van der Waals surface area contributed by atoms with Crippen LogP contribution in [0.3, 0.4) is 0 Å². The zero-order chi connectivity index (χ0) is 73.9. The highest BCUT2D eigenvalue weighted by Gasteiger charge is 2.49. The molecule has 101 heavy (non-hydrogen) atoms. The largest absolute Gasteiger partial charge is 0.493 e. The van der Waals surface area contributed by atoms with Crippen LogP contribution in [0.1, 0.15) is 139 Å². The number of unbranched alkanes of at least 4 members (excludes halogenated alkanes) is 2.